The molecule has 2 heterocycles. The second kappa shape index (κ2) is 4.67. The summed E-state index contributed by atoms with van der Waals surface area (Å²) in [6, 6.07) is 3.25. The van der Waals surface area contributed by atoms with Crippen molar-refractivity contribution in [2.24, 2.45) is 0 Å². The Morgan fingerprint density at radius 2 is 2.19 bits per heavy atom. The maximum Gasteiger partial charge on any atom is 0.325 e. The van der Waals surface area contributed by atoms with Gasteiger partial charge in [-0.2, -0.15) is 0 Å². The first-order valence-electron chi connectivity index (χ1n) is 4.52. The molecule has 0 radical (unpaired) electrons. The summed E-state index contributed by atoms with van der Waals surface area (Å²) in [4.78, 5) is 15.5. The Hall–Kier alpha value is -2.02. The van der Waals surface area contributed by atoms with Gasteiger partial charge in [0.1, 0.15) is 10.8 Å². The van der Waals surface area contributed by atoms with Crippen molar-refractivity contribution in [1.82, 2.24) is 14.6 Å². The van der Waals surface area contributed by atoms with Crippen molar-refractivity contribution >= 4 is 28.4 Å². The summed E-state index contributed by atoms with van der Waals surface area (Å²) in [6.07, 6.45) is 3.16. The van der Waals surface area contributed by atoms with Crippen LogP contribution in [0.1, 0.15) is 5.56 Å². The maximum atomic E-state index is 11.5. The second-order valence-electron chi connectivity index (χ2n) is 3.08. The van der Waals surface area contributed by atoms with E-state index in [9.17, 15) is 4.79 Å². The molecule has 0 aliphatic rings. The highest BCUT2D eigenvalue weighted by atomic mass is 32.1. The summed E-state index contributed by atoms with van der Waals surface area (Å²) in [5.41, 5.74) is 1.04. The molecule has 6 nitrogen and oxygen atoms in total. The molecular weight excluding hydrogens is 226 g/mol. The lowest BCUT2D eigenvalue weighted by molar-refractivity contribution is 0.262. The van der Waals surface area contributed by atoms with Crippen molar-refractivity contribution in [3.05, 3.63) is 30.1 Å². The third-order valence-corrected chi connectivity index (χ3v) is 2.33. The first-order valence-corrected chi connectivity index (χ1v) is 5.29. The van der Waals surface area contributed by atoms with Gasteiger partial charge in [-0.3, -0.25) is 10.6 Å². The van der Waals surface area contributed by atoms with E-state index in [1.54, 1.807) is 12.3 Å². The minimum Gasteiger partial charge on any atom is -0.296 e. The number of hydrogen-bond donors (Lipinski definition) is 2. The summed E-state index contributed by atoms with van der Waals surface area (Å²) in [5, 5.41) is 9.38. The van der Waals surface area contributed by atoms with E-state index in [1.807, 2.05) is 13.0 Å². The Bertz CT molecular complexity index is 467. The Morgan fingerprint density at radius 3 is 2.81 bits per heavy atom. The minimum absolute atomic E-state index is 0.359. The lowest BCUT2D eigenvalue weighted by atomic mass is 10.3. The highest BCUT2D eigenvalue weighted by Crippen LogP contribution is 2.10. The lowest BCUT2D eigenvalue weighted by Crippen LogP contribution is -2.19. The van der Waals surface area contributed by atoms with Crippen molar-refractivity contribution in [3.63, 3.8) is 0 Å². The summed E-state index contributed by atoms with van der Waals surface area (Å²) < 4.78 is 3.63. The molecule has 2 amide bonds. The van der Waals surface area contributed by atoms with Crippen LogP contribution in [0.3, 0.4) is 0 Å². The molecule has 2 aromatic heterocycles. The molecule has 0 fully saturated rings. The average molecular weight is 235 g/mol. The van der Waals surface area contributed by atoms with Crippen LogP contribution >= 0.6 is 11.5 Å². The van der Waals surface area contributed by atoms with Gasteiger partial charge >= 0.3 is 6.03 Å². The third-order valence-electron chi connectivity index (χ3n) is 1.75. The van der Waals surface area contributed by atoms with Crippen LogP contribution in [0, 0.1) is 6.92 Å². The van der Waals surface area contributed by atoms with Crippen LogP contribution in [-0.2, 0) is 0 Å². The molecule has 0 saturated heterocycles. The van der Waals surface area contributed by atoms with Crippen LogP contribution in [0.15, 0.2) is 24.5 Å². The number of carbonyl (C=O) groups is 1. The molecule has 0 atom stereocenters. The number of pyridine rings is 1. The largest absolute Gasteiger partial charge is 0.325 e. The monoisotopic (exact) mass is 235 g/mol. The number of rotatable bonds is 2. The summed E-state index contributed by atoms with van der Waals surface area (Å²) >= 11 is 1.11. The number of anilines is 2. The van der Waals surface area contributed by atoms with Gasteiger partial charge in [0.25, 0.3) is 0 Å². The highest BCUT2D eigenvalue weighted by molar-refractivity contribution is 7.10. The Morgan fingerprint density at radius 1 is 1.31 bits per heavy atom. The van der Waals surface area contributed by atoms with Gasteiger partial charge in [-0.1, -0.05) is 10.6 Å². The van der Waals surface area contributed by atoms with E-state index in [0.29, 0.717) is 10.8 Å². The number of aromatic nitrogens is 3. The fourth-order valence-corrected chi connectivity index (χ4v) is 1.44. The first kappa shape index (κ1) is 10.5. The molecule has 0 aliphatic heterocycles. The predicted molar refractivity (Wildman–Crippen MR) is 61.5 cm³/mol. The number of amides is 2. The van der Waals surface area contributed by atoms with Crippen molar-refractivity contribution in [2.45, 2.75) is 6.92 Å². The van der Waals surface area contributed by atoms with Crippen molar-refractivity contribution < 1.29 is 4.79 Å². The Balaban J connectivity index is 1.95. The van der Waals surface area contributed by atoms with Crippen LogP contribution in [0.2, 0.25) is 0 Å². The van der Waals surface area contributed by atoms with Crippen LogP contribution < -0.4 is 10.6 Å². The molecule has 16 heavy (non-hydrogen) atoms. The summed E-state index contributed by atoms with van der Waals surface area (Å²) in [6.45, 7) is 1.93. The summed E-state index contributed by atoms with van der Waals surface area (Å²) in [5.74, 6) is 0.501. The zero-order valence-corrected chi connectivity index (χ0v) is 9.28. The number of hydrogen-bond acceptors (Lipinski definition) is 5. The first-order chi connectivity index (χ1) is 7.74. The Labute approximate surface area is 95.9 Å². The molecule has 0 saturated carbocycles. The lowest BCUT2D eigenvalue weighted by Gasteiger charge is -2.04. The van der Waals surface area contributed by atoms with Crippen LogP contribution in [0.5, 0.6) is 0 Å². The third kappa shape index (κ3) is 2.74. The minimum atomic E-state index is -0.359. The van der Waals surface area contributed by atoms with E-state index in [4.69, 9.17) is 0 Å². The Kier molecular flexibility index (Phi) is 3.06. The summed E-state index contributed by atoms with van der Waals surface area (Å²) in [7, 11) is 0. The number of nitrogens with zero attached hydrogens (tertiary/aromatic N) is 3. The van der Waals surface area contributed by atoms with Crippen molar-refractivity contribution in [2.75, 3.05) is 10.6 Å². The van der Waals surface area contributed by atoms with E-state index in [-0.39, 0.29) is 6.03 Å². The van der Waals surface area contributed by atoms with Crippen LogP contribution in [0.4, 0.5) is 15.6 Å². The van der Waals surface area contributed by atoms with Gasteiger partial charge < -0.3 is 0 Å². The topological polar surface area (TPSA) is 79.8 Å². The molecule has 7 heteroatoms. The number of aryl methyl sites for hydroxylation is 1. The maximum absolute atomic E-state index is 11.5. The van der Waals surface area contributed by atoms with Gasteiger partial charge in [-0.05, 0) is 18.6 Å². The molecule has 0 aromatic carbocycles. The average Bonchev–Trinajstić information content (AvgIpc) is 2.74. The van der Waals surface area contributed by atoms with Gasteiger partial charge in [0.15, 0.2) is 0 Å². The quantitative estimate of drug-likeness (QED) is 0.833. The fourth-order valence-electron chi connectivity index (χ4n) is 1.02. The van der Waals surface area contributed by atoms with Gasteiger partial charge in [-0.15, -0.1) is 5.10 Å². The number of carbonyl (C=O) groups excluding carboxylic acids is 1. The van der Waals surface area contributed by atoms with Gasteiger partial charge in [0.2, 0.25) is 0 Å². The molecule has 2 aromatic rings. The predicted octanol–water partition coefficient (Wildman–Crippen LogP) is 1.89. The highest BCUT2D eigenvalue weighted by Gasteiger charge is 2.04. The smallest absolute Gasteiger partial charge is 0.296 e. The van der Waals surface area contributed by atoms with Crippen molar-refractivity contribution in [1.29, 1.82) is 0 Å². The number of urea groups is 1. The molecule has 0 unspecified atom stereocenters. The van der Waals surface area contributed by atoms with Gasteiger partial charge in [-0.25, -0.2) is 9.78 Å². The van der Waals surface area contributed by atoms with Gasteiger partial charge in [0.05, 0.1) is 6.20 Å². The molecule has 82 valence electrons. The fraction of sp³-hybridized carbons (Fsp3) is 0.111. The van der Waals surface area contributed by atoms with E-state index < -0.39 is 0 Å². The van der Waals surface area contributed by atoms with E-state index in [2.05, 4.69) is 25.2 Å². The second-order valence-corrected chi connectivity index (χ2v) is 3.87. The molecule has 2 N–H and O–H groups in total. The SMILES string of the molecule is Cc1ccc(NC(=O)Nc2cnns2)nc1. The standard InChI is InChI=1S/C9H9N5OS/c1-6-2-3-7(10-4-6)12-9(15)13-8-5-11-14-16-8/h2-5H,1H3,(H2,10,12,13,15). The molecule has 0 bridgehead atoms. The van der Waals surface area contributed by atoms with Gasteiger partial charge in [0, 0.05) is 17.7 Å². The zero-order valence-electron chi connectivity index (χ0n) is 8.47. The van der Waals surface area contributed by atoms with Crippen LogP contribution in [0.25, 0.3) is 0 Å². The van der Waals surface area contributed by atoms with Crippen LogP contribution in [-0.4, -0.2) is 20.6 Å². The zero-order chi connectivity index (χ0) is 11.4. The molecule has 0 spiro atoms. The van der Waals surface area contributed by atoms with Crippen molar-refractivity contribution in [3.8, 4) is 0 Å². The van der Waals surface area contributed by atoms with E-state index >= 15 is 0 Å². The molecule has 2 rings (SSSR count). The normalized spacial score (nSPS) is 9.81. The van der Waals surface area contributed by atoms with E-state index in [1.165, 1.54) is 6.20 Å². The number of nitrogens with one attached hydrogen (secondary N) is 2. The molecular formula is C9H9N5OS. The molecule has 0 aliphatic carbocycles. The van der Waals surface area contributed by atoms with E-state index in [0.717, 1.165) is 17.1 Å².